The van der Waals surface area contributed by atoms with Gasteiger partial charge in [0.2, 0.25) is 10.0 Å². The number of rotatable bonds is 9. The summed E-state index contributed by atoms with van der Waals surface area (Å²) in [4.78, 5) is 0. The topological polar surface area (TPSA) is 58.2 Å². The molecule has 0 amide bonds. The largest absolute Gasteiger partial charge is 0.317 e. The van der Waals surface area contributed by atoms with Crippen molar-refractivity contribution in [2.75, 3.05) is 18.8 Å². The highest BCUT2D eigenvalue weighted by Gasteiger charge is 2.14. The van der Waals surface area contributed by atoms with Gasteiger partial charge in [0.1, 0.15) is 0 Å². The highest BCUT2D eigenvalue weighted by molar-refractivity contribution is 7.89. The monoisotopic (exact) mass is 290 g/mol. The Morgan fingerprint density at radius 1 is 1.44 bits per heavy atom. The number of thiophene rings is 1. The first-order chi connectivity index (χ1) is 8.53. The minimum absolute atomic E-state index is 0.0521. The van der Waals surface area contributed by atoms with Crippen LogP contribution in [0, 0.1) is 0 Å². The third-order valence-electron chi connectivity index (χ3n) is 2.52. The molecule has 4 nitrogen and oxygen atoms in total. The van der Waals surface area contributed by atoms with E-state index in [1.54, 1.807) is 11.3 Å². The summed E-state index contributed by atoms with van der Waals surface area (Å²) in [5.74, 6) is 0.188. The molecule has 1 aromatic rings. The average Bonchev–Trinajstić information content (AvgIpc) is 2.76. The molecule has 0 aliphatic rings. The highest BCUT2D eigenvalue weighted by atomic mass is 32.2. The average molecular weight is 290 g/mol. The van der Waals surface area contributed by atoms with Gasteiger partial charge in [-0.2, -0.15) is 11.3 Å². The van der Waals surface area contributed by atoms with Crippen LogP contribution in [0.15, 0.2) is 16.8 Å². The van der Waals surface area contributed by atoms with Gasteiger partial charge in [0.15, 0.2) is 0 Å². The predicted molar refractivity (Wildman–Crippen MR) is 77.6 cm³/mol. The quantitative estimate of drug-likeness (QED) is 0.679. The maximum Gasteiger partial charge on any atom is 0.211 e. The lowest BCUT2D eigenvalue weighted by Gasteiger charge is -2.13. The SMILES string of the molecule is CCNCCCS(=O)(=O)NC(C)Cc1ccsc1. The highest BCUT2D eigenvalue weighted by Crippen LogP contribution is 2.09. The molecular weight excluding hydrogens is 268 g/mol. The lowest BCUT2D eigenvalue weighted by atomic mass is 10.1. The Kier molecular flexibility index (Phi) is 6.85. The number of nitrogens with one attached hydrogen (secondary N) is 2. The van der Waals surface area contributed by atoms with Gasteiger partial charge >= 0.3 is 0 Å². The van der Waals surface area contributed by atoms with Crippen LogP contribution in [0.2, 0.25) is 0 Å². The molecule has 6 heteroatoms. The predicted octanol–water partition coefficient (Wildman–Crippen LogP) is 1.60. The van der Waals surface area contributed by atoms with Crippen LogP contribution in [0.1, 0.15) is 25.8 Å². The second kappa shape index (κ2) is 7.89. The van der Waals surface area contributed by atoms with Crippen molar-refractivity contribution in [1.82, 2.24) is 10.0 Å². The van der Waals surface area contributed by atoms with Crippen LogP contribution < -0.4 is 10.0 Å². The smallest absolute Gasteiger partial charge is 0.211 e. The van der Waals surface area contributed by atoms with Crippen LogP contribution >= 0.6 is 11.3 Å². The first-order valence-corrected chi connectivity index (χ1v) is 8.85. The zero-order valence-electron chi connectivity index (χ0n) is 11.0. The molecule has 0 radical (unpaired) electrons. The van der Waals surface area contributed by atoms with Gasteiger partial charge < -0.3 is 5.32 Å². The summed E-state index contributed by atoms with van der Waals surface area (Å²) in [5.41, 5.74) is 1.18. The van der Waals surface area contributed by atoms with Crippen LogP contribution in [0.4, 0.5) is 0 Å². The Hall–Kier alpha value is -0.430. The van der Waals surface area contributed by atoms with Crippen molar-refractivity contribution in [2.45, 2.75) is 32.7 Å². The zero-order chi connectivity index (χ0) is 13.4. The summed E-state index contributed by atoms with van der Waals surface area (Å²) in [5, 5.41) is 7.18. The minimum Gasteiger partial charge on any atom is -0.317 e. The van der Waals surface area contributed by atoms with E-state index in [2.05, 4.69) is 15.4 Å². The number of hydrogen-bond donors (Lipinski definition) is 2. The summed E-state index contributed by atoms with van der Waals surface area (Å²) >= 11 is 1.63. The van der Waals surface area contributed by atoms with Crippen LogP contribution in [0.5, 0.6) is 0 Å². The zero-order valence-corrected chi connectivity index (χ0v) is 12.6. The molecule has 1 heterocycles. The second-order valence-corrected chi connectivity index (χ2v) is 7.03. The molecule has 1 aromatic heterocycles. The molecule has 18 heavy (non-hydrogen) atoms. The van der Waals surface area contributed by atoms with Crippen LogP contribution in [-0.2, 0) is 16.4 Å². The van der Waals surface area contributed by atoms with Crippen molar-refractivity contribution in [2.24, 2.45) is 0 Å². The van der Waals surface area contributed by atoms with Gasteiger partial charge in [-0.25, -0.2) is 13.1 Å². The molecular formula is C12H22N2O2S2. The molecule has 1 unspecified atom stereocenters. The van der Waals surface area contributed by atoms with E-state index in [0.717, 1.165) is 19.5 Å². The molecule has 0 saturated heterocycles. The molecule has 0 aliphatic carbocycles. The van der Waals surface area contributed by atoms with Crippen molar-refractivity contribution in [3.05, 3.63) is 22.4 Å². The van der Waals surface area contributed by atoms with Crippen LogP contribution in [0.3, 0.4) is 0 Å². The first kappa shape index (κ1) is 15.6. The molecule has 1 rings (SSSR count). The first-order valence-electron chi connectivity index (χ1n) is 6.25. The van der Waals surface area contributed by atoms with E-state index in [4.69, 9.17) is 0 Å². The standard InChI is InChI=1S/C12H22N2O2S2/c1-3-13-6-4-8-18(15,16)14-11(2)9-12-5-7-17-10-12/h5,7,10-11,13-14H,3-4,6,8-9H2,1-2H3. The second-order valence-electron chi connectivity index (χ2n) is 4.38. The van der Waals surface area contributed by atoms with Gasteiger partial charge in [0.25, 0.3) is 0 Å². The van der Waals surface area contributed by atoms with E-state index in [0.29, 0.717) is 6.42 Å². The van der Waals surface area contributed by atoms with Gasteiger partial charge in [-0.05, 0) is 55.2 Å². The van der Waals surface area contributed by atoms with E-state index >= 15 is 0 Å². The fourth-order valence-electron chi connectivity index (χ4n) is 1.73. The van der Waals surface area contributed by atoms with Crippen molar-refractivity contribution >= 4 is 21.4 Å². The molecule has 2 N–H and O–H groups in total. The molecule has 0 saturated carbocycles. The normalized spacial score (nSPS) is 13.7. The third kappa shape index (κ3) is 6.49. The number of hydrogen-bond acceptors (Lipinski definition) is 4. The summed E-state index contributed by atoms with van der Waals surface area (Å²) in [6.07, 6.45) is 1.39. The van der Waals surface area contributed by atoms with Crippen molar-refractivity contribution in [1.29, 1.82) is 0 Å². The molecule has 104 valence electrons. The molecule has 0 aliphatic heterocycles. The maximum absolute atomic E-state index is 11.8. The molecule has 1 atom stereocenters. The van der Waals surface area contributed by atoms with E-state index in [-0.39, 0.29) is 11.8 Å². The summed E-state index contributed by atoms with van der Waals surface area (Å²) in [6.45, 7) is 5.54. The fraction of sp³-hybridized carbons (Fsp3) is 0.667. The van der Waals surface area contributed by atoms with Crippen LogP contribution in [0.25, 0.3) is 0 Å². The Morgan fingerprint density at radius 2 is 2.22 bits per heavy atom. The Bertz CT molecular complexity index is 415. The molecule has 0 spiro atoms. The van der Waals surface area contributed by atoms with E-state index in [9.17, 15) is 8.42 Å². The summed E-state index contributed by atoms with van der Waals surface area (Å²) in [6, 6.07) is 1.98. The Morgan fingerprint density at radius 3 is 2.83 bits per heavy atom. The van der Waals surface area contributed by atoms with E-state index in [1.807, 2.05) is 25.3 Å². The molecule has 0 bridgehead atoms. The third-order valence-corrected chi connectivity index (χ3v) is 4.84. The Labute approximate surface area is 114 Å². The van der Waals surface area contributed by atoms with Crippen molar-refractivity contribution in [3.63, 3.8) is 0 Å². The van der Waals surface area contributed by atoms with Crippen LogP contribution in [-0.4, -0.2) is 33.3 Å². The van der Waals surface area contributed by atoms with E-state index in [1.165, 1.54) is 5.56 Å². The number of sulfonamides is 1. The van der Waals surface area contributed by atoms with Crippen molar-refractivity contribution in [3.8, 4) is 0 Å². The van der Waals surface area contributed by atoms with Gasteiger partial charge in [-0.15, -0.1) is 0 Å². The van der Waals surface area contributed by atoms with E-state index < -0.39 is 10.0 Å². The van der Waals surface area contributed by atoms with Gasteiger partial charge in [-0.3, -0.25) is 0 Å². The van der Waals surface area contributed by atoms with Gasteiger partial charge in [-0.1, -0.05) is 6.92 Å². The fourth-order valence-corrected chi connectivity index (χ4v) is 3.75. The summed E-state index contributed by atoms with van der Waals surface area (Å²) in [7, 11) is -3.15. The van der Waals surface area contributed by atoms with Gasteiger partial charge in [0.05, 0.1) is 5.75 Å². The Balaban J connectivity index is 2.30. The lowest BCUT2D eigenvalue weighted by molar-refractivity contribution is 0.555. The maximum atomic E-state index is 11.8. The minimum atomic E-state index is -3.15. The van der Waals surface area contributed by atoms with Gasteiger partial charge in [0, 0.05) is 6.04 Å². The lowest BCUT2D eigenvalue weighted by Crippen LogP contribution is -2.36. The molecule has 0 aromatic carbocycles. The molecule has 0 fully saturated rings. The summed E-state index contributed by atoms with van der Waals surface area (Å²) < 4.78 is 26.3. The van der Waals surface area contributed by atoms with Crippen molar-refractivity contribution < 1.29 is 8.42 Å².